The molecule has 5 amide bonds. The summed E-state index contributed by atoms with van der Waals surface area (Å²) >= 11 is 1.23. The number of anilines is 1. The number of aromatic hydroxyl groups is 1. The van der Waals surface area contributed by atoms with E-state index in [0.29, 0.717) is 23.0 Å². The monoisotopic (exact) mass is 951 g/mol. The van der Waals surface area contributed by atoms with Crippen LogP contribution in [-0.2, 0) is 30.4 Å². The number of hydrazone groups is 1. The second kappa shape index (κ2) is 18.7. The van der Waals surface area contributed by atoms with Crippen LogP contribution in [-0.4, -0.2) is 124 Å². The second-order valence-electron chi connectivity index (χ2n) is 14.6. The molecule has 1 aromatic carbocycles. The number of phenols is 1. The molecule has 1 saturated carbocycles. The van der Waals surface area contributed by atoms with E-state index in [1.807, 2.05) is 5.32 Å². The zero-order valence-electron chi connectivity index (χ0n) is 34.2. The molecule has 1 saturated heterocycles. The van der Waals surface area contributed by atoms with Crippen LogP contribution in [0.1, 0.15) is 23.3 Å². The van der Waals surface area contributed by atoms with Gasteiger partial charge in [-0.1, -0.05) is 0 Å². The van der Waals surface area contributed by atoms with Crippen molar-refractivity contribution >= 4 is 81.7 Å². The summed E-state index contributed by atoms with van der Waals surface area (Å²) in [6, 6.07) is 5.43. The van der Waals surface area contributed by atoms with Crippen LogP contribution in [0.2, 0.25) is 0 Å². The number of aromatic nitrogens is 1. The first-order valence-corrected chi connectivity index (χ1v) is 19.7. The maximum Gasteiger partial charge on any atom is 0.433 e. The standard InChI is InChI=1S/C21H21N3O9.C8H6N4O5.C8H6N4O4S/c1-23(2)15-9-6-7-5-8-10(24(32)33)3-4-11(25)13(8)16(26)12(7)18(28)21(9,31)19(29)14(17(15)27)20(22)30;13-6-4-11(8(14)10-6)9-3-5-1-2-7(17-5)12(15)16;13-4-9-11-8-10-5(3-17-8)6-1-2-7(16-6)12(14)15/h3-4,7,9,15,25-26,29,31H,5-6H2,1-2H3,(H2,22,30);1-3H,4H2,(H,10,13,14);1-4H,(H,9,13)(H,10,11)/b;9-3+;/t7-,9-,15-,21-;;/m0../s1. The summed E-state index contributed by atoms with van der Waals surface area (Å²) < 4.78 is 9.75. The molecule has 0 spiro atoms. The molecular formula is C37H33N11O18S. The van der Waals surface area contributed by atoms with Gasteiger partial charge in [-0.15, -0.1) is 11.3 Å². The van der Waals surface area contributed by atoms with E-state index in [1.54, 1.807) is 5.38 Å². The minimum Gasteiger partial charge on any atom is -0.508 e. The second-order valence-corrected chi connectivity index (χ2v) is 15.4. The fourth-order valence-corrected chi connectivity index (χ4v) is 8.32. The zero-order valence-corrected chi connectivity index (χ0v) is 35.0. The number of hydrazine groups is 1. The Hall–Kier alpha value is -8.90. The minimum absolute atomic E-state index is 0.00520. The SMILES string of the molecule is CN(C)[C@@H]1C(=O)C(C(N)=O)=C(O)[C@@]2(O)C(=O)C3=C(O)c4c(O)ccc([N+](=O)[O-])c4C[C@H]3C[C@@H]12.O=C1CN(/N=C/c2ccc([N+](=O)[O-])o2)C(=O)N1.O=CNNc1nc(-c2ccc([N+](=O)[O-])o2)cs1. The molecule has 4 heterocycles. The lowest BCUT2D eigenvalue weighted by molar-refractivity contribution is -0.402. The number of thiazole rings is 1. The minimum atomic E-state index is -2.75. The molecule has 9 N–H and O–H groups in total. The lowest BCUT2D eigenvalue weighted by Gasteiger charge is -2.50. The van der Waals surface area contributed by atoms with Crippen molar-refractivity contribution in [3.63, 3.8) is 0 Å². The number of nitrogens with two attached hydrogens (primary N) is 1. The largest absolute Gasteiger partial charge is 0.508 e. The van der Waals surface area contributed by atoms with E-state index < -0.39 is 96.4 Å². The van der Waals surface area contributed by atoms with Crippen LogP contribution in [0.15, 0.2) is 72.6 Å². The molecule has 350 valence electrons. The van der Waals surface area contributed by atoms with E-state index >= 15 is 0 Å². The van der Waals surface area contributed by atoms with Crippen molar-refractivity contribution < 1.29 is 72.8 Å². The van der Waals surface area contributed by atoms with Crippen molar-refractivity contribution in [1.29, 1.82) is 0 Å². The Labute approximate surface area is 375 Å². The van der Waals surface area contributed by atoms with Gasteiger partial charge in [-0.05, 0) is 51.1 Å². The number of ketones is 2. The first kappa shape index (κ1) is 47.6. The summed E-state index contributed by atoms with van der Waals surface area (Å²) in [4.78, 5) is 106. The number of phenolic OH excluding ortho intramolecular Hbond substituents is 1. The molecule has 67 heavy (non-hydrogen) atoms. The number of rotatable bonds is 11. The van der Waals surface area contributed by atoms with E-state index in [2.05, 4.69) is 20.9 Å². The number of imide groups is 1. The van der Waals surface area contributed by atoms with Crippen molar-refractivity contribution in [2.45, 2.75) is 24.5 Å². The highest BCUT2D eigenvalue weighted by molar-refractivity contribution is 7.14. The van der Waals surface area contributed by atoms with Gasteiger partial charge in [0.05, 0.1) is 34.9 Å². The Morgan fingerprint density at radius 1 is 1.03 bits per heavy atom. The average Bonchev–Trinajstić information content (AvgIpc) is 4.09. The molecule has 4 atom stereocenters. The summed E-state index contributed by atoms with van der Waals surface area (Å²) in [6.07, 6.45) is 1.31. The Balaban J connectivity index is 0.000000183. The molecule has 3 aliphatic carbocycles. The van der Waals surface area contributed by atoms with E-state index in [0.717, 1.165) is 29.4 Å². The third-order valence-electron chi connectivity index (χ3n) is 10.4. The summed E-state index contributed by atoms with van der Waals surface area (Å²) in [5.74, 6) is -8.76. The number of amides is 5. The van der Waals surface area contributed by atoms with Crippen LogP contribution >= 0.6 is 11.3 Å². The van der Waals surface area contributed by atoms with Crippen LogP contribution < -0.4 is 21.9 Å². The Bertz CT molecular complexity index is 2860. The lowest BCUT2D eigenvalue weighted by Crippen LogP contribution is -2.65. The number of aliphatic hydroxyl groups is 3. The number of benzene rings is 1. The number of hydrogen-bond donors (Lipinski definition) is 8. The number of carbonyl (C=O) groups is 6. The number of nitrogens with one attached hydrogen (secondary N) is 3. The topological polar surface area (TPSA) is 433 Å². The van der Waals surface area contributed by atoms with Gasteiger partial charge in [0.25, 0.3) is 11.6 Å². The van der Waals surface area contributed by atoms with E-state index in [4.69, 9.17) is 14.6 Å². The Morgan fingerprint density at radius 2 is 1.70 bits per heavy atom. The van der Waals surface area contributed by atoms with Gasteiger partial charge in [0.2, 0.25) is 23.2 Å². The number of aliphatic hydroxyl groups excluding tert-OH is 2. The first-order valence-electron chi connectivity index (χ1n) is 18.8. The summed E-state index contributed by atoms with van der Waals surface area (Å²) in [6.45, 7) is -0.182. The smallest absolute Gasteiger partial charge is 0.433 e. The number of nitro benzene ring substituents is 1. The molecule has 0 bridgehead atoms. The molecule has 29 nitrogen and oxygen atoms in total. The lowest BCUT2D eigenvalue weighted by atomic mass is 9.57. The molecule has 2 fully saturated rings. The molecule has 1 aliphatic heterocycles. The van der Waals surface area contributed by atoms with Gasteiger partial charge in [0.15, 0.2) is 22.9 Å². The molecule has 0 radical (unpaired) electrons. The summed E-state index contributed by atoms with van der Waals surface area (Å²) in [7, 11) is 2.96. The highest BCUT2D eigenvalue weighted by atomic mass is 32.1. The van der Waals surface area contributed by atoms with Crippen molar-refractivity contribution in [3.8, 4) is 17.2 Å². The number of fused-ring (bicyclic) bond motifs is 3. The number of Topliss-reactive ketones (excluding diaryl/α,β-unsaturated/α-hetero) is 2. The number of urea groups is 1. The van der Waals surface area contributed by atoms with E-state index in [-0.39, 0.29) is 53.4 Å². The van der Waals surface area contributed by atoms with Crippen LogP contribution in [0.5, 0.6) is 5.75 Å². The van der Waals surface area contributed by atoms with Gasteiger partial charge in [-0.2, -0.15) is 5.10 Å². The predicted molar refractivity (Wildman–Crippen MR) is 223 cm³/mol. The molecular weight excluding hydrogens is 919 g/mol. The Kier molecular flexibility index (Phi) is 13.3. The number of likely N-dealkylation sites (N-methyl/N-ethyl adjacent to an activating group) is 1. The molecule has 3 aromatic heterocycles. The third-order valence-corrected chi connectivity index (χ3v) is 11.2. The van der Waals surface area contributed by atoms with Crippen molar-refractivity contribution in [3.05, 3.63) is 106 Å². The van der Waals surface area contributed by atoms with Crippen LogP contribution in [0.25, 0.3) is 17.2 Å². The third kappa shape index (κ3) is 9.09. The molecule has 4 aromatic rings. The normalized spacial score (nSPS) is 20.8. The van der Waals surface area contributed by atoms with Crippen molar-refractivity contribution in [2.75, 3.05) is 26.1 Å². The Morgan fingerprint density at radius 3 is 2.27 bits per heavy atom. The molecule has 8 rings (SSSR count). The van der Waals surface area contributed by atoms with E-state index in [1.165, 1.54) is 48.5 Å². The number of furan rings is 2. The van der Waals surface area contributed by atoms with Gasteiger partial charge in [0.1, 0.15) is 44.9 Å². The van der Waals surface area contributed by atoms with Gasteiger partial charge in [-0.3, -0.25) is 75.4 Å². The predicted octanol–water partition coefficient (Wildman–Crippen LogP) is 1.33. The molecule has 4 aliphatic rings. The van der Waals surface area contributed by atoms with Gasteiger partial charge in [-0.25, -0.2) is 14.8 Å². The van der Waals surface area contributed by atoms with Crippen LogP contribution in [0.4, 0.5) is 27.4 Å². The van der Waals surface area contributed by atoms with Gasteiger partial charge >= 0.3 is 17.8 Å². The highest BCUT2D eigenvalue weighted by Gasteiger charge is 2.64. The molecule has 0 unspecified atom stereocenters. The zero-order chi connectivity index (χ0) is 49.2. The first-order chi connectivity index (χ1) is 31.6. The highest BCUT2D eigenvalue weighted by Crippen LogP contribution is 2.53. The summed E-state index contributed by atoms with van der Waals surface area (Å²) in [5.41, 5.74) is 5.76. The van der Waals surface area contributed by atoms with Crippen LogP contribution in [0, 0.1) is 42.2 Å². The number of nitrogens with zero attached hydrogens (tertiary/aromatic N) is 7. The van der Waals surface area contributed by atoms with Gasteiger partial charge < -0.3 is 35.0 Å². The van der Waals surface area contributed by atoms with Gasteiger partial charge in [0, 0.05) is 28.5 Å². The molecule has 30 heteroatoms. The maximum atomic E-state index is 13.6. The summed E-state index contributed by atoms with van der Waals surface area (Å²) in [5, 5.41) is 84.2. The van der Waals surface area contributed by atoms with Crippen molar-refractivity contribution in [2.24, 2.45) is 22.7 Å². The fraction of sp³-hybridized carbons (Fsp3) is 0.243. The maximum absolute atomic E-state index is 13.6. The van der Waals surface area contributed by atoms with E-state index in [9.17, 15) is 79.5 Å². The number of carbonyl (C=O) groups excluding carboxylic acids is 6. The number of nitro groups is 3. The fourth-order valence-electron chi connectivity index (χ4n) is 7.66. The average molecular weight is 952 g/mol. The number of hydrogen-bond acceptors (Lipinski definition) is 23. The number of primary amides is 1. The van der Waals surface area contributed by atoms with Crippen molar-refractivity contribution in [1.82, 2.24) is 25.6 Å². The quantitative estimate of drug-likeness (QED) is 0.0262. The van der Waals surface area contributed by atoms with Crippen LogP contribution in [0.3, 0.4) is 0 Å².